The zero-order valence-corrected chi connectivity index (χ0v) is 29.7. The van der Waals surface area contributed by atoms with Gasteiger partial charge in [-0.3, -0.25) is 14.5 Å². The zero-order chi connectivity index (χ0) is 36.6. The standard InChI is InChI=1S/C42H39N3O7S/c46-25-28-15-17-31(18-16-28)37-22-35(27-53-38-14-4-5-19-43-38)51-41(52-37)34-13-7-12-33(21-34)32-11-6-10-30(20-32)24-45-39(47)23-36(40(45)48)44-42(49)50-26-29-8-2-1-3-9-29/h1-21,35-37,41,46H,22-27H2,(H,44,49)/t35-,36?,37+,41+/m1/s1. The fourth-order valence-electron chi connectivity index (χ4n) is 6.40. The molecule has 0 saturated carbocycles. The van der Waals surface area contributed by atoms with Gasteiger partial charge in [0.2, 0.25) is 5.91 Å². The van der Waals surface area contributed by atoms with E-state index in [9.17, 15) is 19.5 Å². The molecule has 2 aliphatic rings. The summed E-state index contributed by atoms with van der Waals surface area (Å²) < 4.78 is 18.4. The number of hydrogen-bond acceptors (Lipinski definition) is 9. The average Bonchev–Trinajstić information content (AvgIpc) is 3.47. The van der Waals surface area contributed by atoms with Gasteiger partial charge in [-0.25, -0.2) is 9.78 Å². The summed E-state index contributed by atoms with van der Waals surface area (Å²) in [4.78, 5) is 44.2. The molecule has 0 spiro atoms. The lowest BCUT2D eigenvalue weighted by atomic mass is 9.99. The van der Waals surface area contributed by atoms with Crippen molar-refractivity contribution in [3.63, 3.8) is 0 Å². The van der Waals surface area contributed by atoms with Gasteiger partial charge in [0.15, 0.2) is 6.29 Å². The van der Waals surface area contributed by atoms with Gasteiger partial charge in [-0.1, -0.05) is 97.1 Å². The van der Waals surface area contributed by atoms with E-state index in [-0.39, 0.29) is 44.3 Å². The highest BCUT2D eigenvalue weighted by molar-refractivity contribution is 7.99. The summed E-state index contributed by atoms with van der Waals surface area (Å²) in [7, 11) is 0. The van der Waals surface area contributed by atoms with Gasteiger partial charge in [-0.15, -0.1) is 11.8 Å². The Kier molecular flexibility index (Phi) is 11.6. The first-order chi connectivity index (χ1) is 25.9. The number of nitrogens with zero attached hydrogens (tertiary/aromatic N) is 2. The minimum atomic E-state index is -0.983. The molecule has 3 heterocycles. The van der Waals surface area contributed by atoms with E-state index in [2.05, 4.69) is 10.3 Å². The Morgan fingerprint density at radius 3 is 2.36 bits per heavy atom. The molecule has 2 N–H and O–H groups in total. The largest absolute Gasteiger partial charge is 0.445 e. The number of hydrogen-bond donors (Lipinski definition) is 2. The number of pyridine rings is 1. The molecule has 0 bridgehead atoms. The second-order valence-corrected chi connectivity index (χ2v) is 14.0. The summed E-state index contributed by atoms with van der Waals surface area (Å²) in [6.45, 7) is 0.108. The fourth-order valence-corrected chi connectivity index (χ4v) is 7.28. The van der Waals surface area contributed by atoms with Crippen LogP contribution in [0.25, 0.3) is 11.1 Å². The van der Waals surface area contributed by atoms with Crippen LogP contribution in [0.1, 0.15) is 53.1 Å². The SMILES string of the molecule is O=C(NC1CC(=O)N(Cc2cccc(-c3cccc([C@H]4O[C@@H](CSc5ccccn5)C[C@@H](c5ccc(CO)cc5)O4)c3)c2)C1=O)OCc1ccccc1. The topological polar surface area (TPSA) is 127 Å². The number of likely N-dealkylation sites (tertiary alicyclic amines) is 1. The number of amides is 3. The van der Waals surface area contributed by atoms with Crippen LogP contribution in [-0.4, -0.2) is 50.8 Å². The number of alkyl carbamates (subject to hydrolysis) is 1. The molecule has 1 aromatic heterocycles. The van der Waals surface area contributed by atoms with Crippen LogP contribution in [0.5, 0.6) is 0 Å². The molecule has 5 aromatic rings. The lowest BCUT2D eigenvalue weighted by Gasteiger charge is -2.36. The second kappa shape index (κ2) is 17.0. The van der Waals surface area contributed by atoms with Crippen molar-refractivity contribution in [3.8, 4) is 11.1 Å². The Morgan fingerprint density at radius 1 is 0.830 bits per heavy atom. The van der Waals surface area contributed by atoms with E-state index in [4.69, 9.17) is 14.2 Å². The van der Waals surface area contributed by atoms with Crippen molar-refractivity contribution in [1.29, 1.82) is 0 Å². The number of imide groups is 1. The monoisotopic (exact) mass is 729 g/mol. The van der Waals surface area contributed by atoms with Gasteiger partial charge < -0.3 is 24.6 Å². The molecule has 2 saturated heterocycles. The molecule has 2 fully saturated rings. The summed E-state index contributed by atoms with van der Waals surface area (Å²) in [6, 6.07) is 37.6. The number of rotatable bonds is 12. The molecule has 270 valence electrons. The van der Waals surface area contributed by atoms with Gasteiger partial charge in [0.1, 0.15) is 12.6 Å². The first-order valence-corrected chi connectivity index (χ1v) is 18.5. The highest BCUT2D eigenvalue weighted by Gasteiger charge is 2.40. The molecule has 0 radical (unpaired) electrons. The number of nitrogens with one attached hydrogen (secondary N) is 1. The lowest BCUT2D eigenvalue weighted by Crippen LogP contribution is -2.41. The highest BCUT2D eigenvalue weighted by Crippen LogP contribution is 2.40. The van der Waals surface area contributed by atoms with Crippen LogP contribution in [0.2, 0.25) is 0 Å². The number of carbonyl (C=O) groups is 3. The number of aromatic nitrogens is 1. The Labute approximate surface area is 312 Å². The second-order valence-electron chi connectivity index (χ2n) is 12.9. The Bertz CT molecular complexity index is 2030. The molecule has 3 amide bonds. The molecule has 2 aliphatic heterocycles. The van der Waals surface area contributed by atoms with E-state index >= 15 is 0 Å². The fraction of sp³-hybridized carbons (Fsp3) is 0.238. The highest BCUT2D eigenvalue weighted by atomic mass is 32.2. The van der Waals surface area contributed by atoms with Crippen LogP contribution >= 0.6 is 11.8 Å². The maximum absolute atomic E-state index is 13.2. The van der Waals surface area contributed by atoms with E-state index in [0.29, 0.717) is 12.2 Å². The Balaban J connectivity index is 1.03. The number of ether oxygens (including phenoxy) is 3. The van der Waals surface area contributed by atoms with E-state index in [1.807, 2.05) is 121 Å². The lowest BCUT2D eigenvalue weighted by molar-refractivity contribution is -0.245. The summed E-state index contributed by atoms with van der Waals surface area (Å²) in [5.74, 6) is -0.135. The van der Waals surface area contributed by atoms with Crippen LogP contribution in [0.3, 0.4) is 0 Å². The van der Waals surface area contributed by atoms with Gasteiger partial charge in [0.25, 0.3) is 5.91 Å². The minimum Gasteiger partial charge on any atom is -0.445 e. The third kappa shape index (κ3) is 9.19. The number of carbonyl (C=O) groups excluding carboxylic acids is 3. The van der Waals surface area contributed by atoms with Gasteiger partial charge in [-0.2, -0.15) is 0 Å². The third-order valence-electron chi connectivity index (χ3n) is 9.18. The predicted molar refractivity (Wildman–Crippen MR) is 199 cm³/mol. The summed E-state index contributed by atoms with van der Waals surface area (Å²) in [5, 5.41) is 13.0. The molecule has 1 unspecified atom stereocenters. The van der Waals surface area contributed by atoms with Gasteiger partial charge in [0, 0.05) is 23.9 Å². The molecule has 11 heteroatoms. The number of aliphatic hydroxyl groups is 1. The Morgan fingerprint density at radius 2 is 1.58 bits per heavy atom. The van der Waals surface area contributed by atoms with Crippen molar-refractivity contribution < 1.29 is 33.7 Å². The predicted octanol–water partition coefficient (Wildman–Crippen LogP) is 7.13. The van der Waals surface area contributed by atoms with E-state index in [0.717, 1.165) is 44.0 Å². The maximum atomic E-state index is 13.2. The van der Waals surface area contributed by atoms with E-state index in [1.54, 1.807) is 18.0 Å². The van der Waals surface area contributed by atoms with Crippen molar-refractivity contribution in [2.24, 2.45) is 0 Å². The summed E-state index contributed by atoms with van der Waals surface area (Å²) in [5.41, 5.74) is 6.11. The average molecular weight is 730 g/mol. The zero-order valence-electron chi connectivity index (χ0n) is 28.9. The molecule has 4 atom stereocenters. The van der Waals surface area contributed by atoms with Crippen molar-refractivity contribution in [2.45, 2.75) is 62.2 Å². The van der Waals surface area contributed by atoms with Gasteiger partial charge >= 0.3 is 6.09 Å². The summed E-state index contributed by atoms with van der Waals surface area (Å²) in [6.07, 6.45) is 0.596. The normalized spacial score (nSPS) is 20.0. The molecular weight excluding hydrogens is 691 g/mol. The molecule has 4 aromatic carbocycles. The third-order valence-corrected chi connectivity index (χ3v) is 10.3. The molecule has 53 heavy (non-hydrogen) atoms. The smallest absolute Gasteiger partial charge is 0.408 e. The van der Waals surface area contributed by atoms with Gasteiger partial charge in [0.05, 0.1) is 36.8 Å². The number of thioether (sulfide) groups is 1. The van der Waals surface area contributed by atoms with Crippen LogP contribution in [0, 0.1) is 0 Å². The number of aliphatic hydroxyl groups excluding tert-OH is 1. The van der Waals surface area contributed by atoms with Gasteiger partial charge in [-0.05, 0) is 57.6 Å². The van der Waals surface area contributed by atoms with Crippen molar-refractivity contribution in [2.75, 3.05) is 5.75 Å². The van der Waals surface area contributed by atoms with Crippen molar-refractivity contribution in [3.05, 3.63) is 155 Å². The van der Waals surface area contributed by atoms with Crippen LogP contribution in [0.15, 0.2) is 133 Å². The Hall–Kier alpha value is -5.33. The molecule has 10 nitrogen and oxygen atoms in total. The first-order valence-electron chi connectivity index (χ1n) is 17.5. The van der Waals surface area contributed by atoms with Crippen molar-refractivity contribution in [1.82, 2.24) is 15.2 Å². The number of benzene rings is 4. The molecule has 7 rings (SSSR count). The summed E-state index contributed by atoms with van der Waals surface area (Å²) >= 11 is 1.64. The van der Waals surface area contributed by atoms with Crippen LogP contribution in [-0.2, 0) is 43.6 Å². The minimum absolute atomic E-state index is 0.0245. The van der Waals surface area contributed by atoms with Crippen LogP contribution in [0.4, 0.5) is 4.79 Å². The molecular formula is C42H39N3O7S. The van der Waals surface area contributed by atoms with Crippen molar-refractivity contribution >= 4 is 29.7 Å². The first kappa shape index (κ1) is 36.0. The quantitative estimate of drug-likeness (QED) is 0.102. The maximum Gasteiger partial charge on any atom is 0.408 e. The van der Waals surface area contributed by atoms with E-state index in [1.165, 1.54) is 4.90 Å². The van der Waals surface area contributed by atoms with E-state index < -0.39 is 24.3 Å². The van der Waals surface area contributed by atoms with Crippen LogP contribution < -0.4 is 5.32 Å². The molecule has 0 aliphatic carbocycles.